The molecular weight excluding hydrogens is 346 g/mol. The molecule has 2 aromatic rings. The summed E-state index contributed by atoms with van der Waals surface area (Å²) in [5.41, 5.74) is -0.197. The Kier molecular flexibility index (Phi) is 4.37. The Hall–Kier alpha value is -2.83. The van der Waals surface area contributed by atoms with E-state index in [0.717, 1.165) is 23.6 Å². The Morgan fingerprint density at radius 1 is 1.37 bits per heavy atom. The van der Waals surface area contributed by atoms with Crippen molar-refractivity contribution in [2.24, 2.45) is 5.41 Å². The lowest BCUT2D eigenvalue weighted by Gasteiger charge is -2.35. The fraction of sp³-hybridized carbons (Fsp3) is 0.450. The third-order valence-corrected chi connectivity index (χ3v) is 5.79. The molecule has 7 heteroatoms. The molecular formula is C20H23N3O4. The standard InChI is InChI=1S/C20H23N3O4/c1-2-17-21-8-10-22(17)9-7-18(24)23-11-15-14-5-3-4-6-16(14)27-13-20(15,12-23)19(25)26/h3-6,8,10,15H,2,7,9,11-13H2,1H3,(H,25,26)/t15-,20-/m1/s1. The summed E-state index contributed by atoms with van der Waals surface area (Å²) in [6, 6.07) is 7.53. The van der Waals surface area contributed by atoms with Gasteiger partial charge in [-0.3, -0.25) is 9.59 Å². The summed E-state index contributed by atoms with van der Waals surface area (Å²) in [5, 5.41) is 9.94. The van der Waals surface area contributed by atoms with Crippen molar-refractivity contribution in [3.63, 3.8) is 0 Å². The molecule has 1 aromatic heterocycles. The maximum absolute atomic E-state index is 12.8. The SMILES string of the molecule is CCc1nccn1CCC(=O)N1C[C@@H]2c3ccccc3OC[C@]2(C(=O)O)C1. The van der Waals surface area contributed by atoms with E-state index in [9.17, 15) is 14.7 Å². The number of imidazole rings is 1. The molecule has 1 N–H and O–H groups in total. The van der Waals surface area contributed by atoms with Crippen molar-refractivity contribution in [1.82, 2.24) is 14.5 Å². The number of carbonyl (C=O) groups excluding carboxylic acids is 1. The first-order valence-corrected chi connectivity index (χ1v) is 9.28. The van der Waals surface area contributed by atoms with Crippen LogP contribution in [0.25, 0.3) is 0 Å². The Bertz CT molecular complexity index is 878. The maximum Gasteiger partial charge on any atom is 0.315 e. The van der Waals surface area contributed by atoms with Crippen LogP contribution in [0, 0.1) is 5.41 Å². The molecule has 3 heterocycles. The number of carboxylic acid groups (broad SMARTS) is 1. The molecule has 1 amide bonds. The minimum absolute atomic E-state index is 0.0294. The van der Waals surface area contributed by atoms with Crippen molar-refractivity contribution in [2.45, 2.75) is 32.2 Å². The second kappa shape index (κ2) is 6.72. The van der Waals surface area contributed by atoms with E-state index in [1.807, 2.05) is 42.0 Å². The zero-order valence-corrected chi connectivity index (χ0v) is 15.3. The number of nitrogens with zero attached hydrogens (tertiary/aromatic N) is 3. The summed E-state index contributed by atoms with van der Waals surface area (Å²) in [5.74, 6) is 0.490. The van der Waals surface area contributed by atoms with E-state index in [-0.39, 0.29) is 25.0 Å². The number of fused-ring (bicyclic) bond motifs is 3. The van der Waals surface area contributed by atoms with Crippen LogP contribution in [0.3, 0.4) is 0 Å². The van der Waals surface area contributed by atoms with Crippen LogP contribution < -0.4 is 4.74 Å². The summed E-state index contributed by atoms with van der Waals surface area (Å²) in [7, 11) is 0. The van der Waals surface area contributed by atoms with Crippen LogP contribution in [0.4, 0.5) is 0 Å². The molecule has 0 spiro atoms. The van der Waals surface area contributed by atoms with Crippen LogP contribution in [0.15, 0.2) is 36.7 Å². The molecule has 0 radical (unpaired) electrons. The Labute approximate surface area is 157 Å². The molecule has 2 atom stereocenters. The highest BCUT2D eigenvalue weighted by Crippen LogP contribution is 2.49. The zero-order valence-electron chi connectivity index (χ0n) is 15.3. The van der Waals surface area contributed by atoms with E-state index < -0.39 is 11.4 Å². The fourth-order valence-electron chi connectivity index (χ4n) is 4.26. The van der Waals surface area contributed by atoms with Gasteiger partial charge in [0.05, 0.1) is 0 Å². The second-order valence-corrected chi connectivity index (χ2v) is 7.26. The number of para-hydroxylation sites is 1. The number of aryl methyl sites for hydroxylation is 2. The Morgan fingerprint density at radius 3 is 2.96 bits per heavy atom. The molecule has 0 saturated carbocycles. The number of carboxylic acids is 1. The smallest absolute Gasteiger partial charge is 0.315 e. The first kappa shape index (κ1) is 17.6. The van der Waals surface area contributed by atoms with E-state index in [4.69, 9.17) is 4.74 Å². The number of carbonyl (C=O) groups is 2. The minimum atomic E-state index is -1.08. The molecule has 27 heavy (non-hydrogen) atoms. The van der Waals surface area contributed by atoms with Crippen molar-refractivity contribution in [3.05, 3.63) is 48.0 Å². The zero-order chi connectivity index (χ0) is 19.0. The monoisotopic (exact) mass is 369 g/mol. The van der Waals surface area contributed by atoms with Crippen molar-refractivity contribution in [1.29, 1.82) is 0 Å². The maximum atomic E-state index is 12.8. The lowest BCUT2D eigenvalue weighted by molar-refractivity contribution is -0.152. The molecule has 1 saturated heterocycles. The van der Waals surface area contributed by atoms with Crippen molar-refractivity contribution >= 4 is 11.9 Å². The van der Waals surface area contributed by atoms with Gasteiger partial charge in [0, 0.05) is 56.4 Å². The molecule has 1 fully saturated rings. The van der Waals surface area contributed by atoms with Gasteiger partial charge in [-0.2, -0.15) is 0 Å². The van der Waals surface area contributed by atoms with Gasteiger partial charge in [-0.1, -0.05) is 25.1 Å². The molecule has 142 valence electrons. The van der Waals surface area contributed by atoms with Gasteiger partial charge in [0.25, 0.3) is 0 Å². The third-order valence-electron chi connectivity index (χ3n) is 5.79. The molecule has 0 bridgehead atoms. The van der Waals surface area contributed by atoms with Gasteiger partial charge in [0.2, 0.25) is 5.91 Å². The van der Waals surface area contributed by atoms with Gasteiger partial charge in [-0.15, -0.1) is 0 Å². The van der Waals surface area contributed by atoms with Gasteiger partial charge in [-0.25, -0.2) is 4.98 Å². The van der Waals surface area contributed by atoms with Crippen LogP contribution in [0.5, 0.6) is 5.75 Å². The fourth-order valence-corrected chi connectivity index (χ4v) is 4.26. The highest BCUT2D eigenvalue weighted by Gasteiger charge is 2.57. The van der Waals surface area contributed by atoms with Gasteiger partial charge in [0.15, 0.2) is 0 Å². The molecule has 0 unspecified atom stereocenters. The topological polar surface area (TPSA) is 84.7 Å². The first-order chi connectivity index (χ1) is 13.0. The van der Waals surface area contributed by atoms with E-state index in [0.29, 0.717) is 19.5 Å². The Balaban J connectivity index is 1.53. The molecule has 2 aliphatic rings. The summed E-state index contributed by atoms with van der Waals surface area (Å²) < 4.78 is 7.73. The lowest BCUT2D eigenvalue weighted by atomic mass is 9.73. The molecule has 0 aliphatic carbocycles. The van der Waals surface area contributed by atoms with Crippen LogP contribution in [0.2, 0.25) is 0 Å². The van der Waals surface area contributed by atoms with E-state index in [2.05, 4.69) is 4.98 Å². The third kappa shape index (κ3) is 2.87. The van der Waals surface area contributed by atoms with Crippen LogP contribution in [0.1, 0.15) is 30.7 Å². The largest absolute Gasteiger partial charge is 0.492 e. The number of benzene rings is 1. The molecule has 1 aromatic carbocycles. The number of rotatable bonds is 5. The number of amides is 1. The minimum Gasteiger partial charge on any atom is -0.492 e. The highest BCUT2D eigenvalue weighted by atomic mass is 16.5. The normalized spacial score (nSPS) is 23.4. The number of hydrogen-bond donors (Lipinski definition) is 1. The van der Waals surface area contributed by atoms with Crippen LogP contribution in [-0.4, -0.2) is 51.1 Å². The molecule has 2 aliphatic heterocycles. The van der Waals surface area contributed by atoms with Crippen molar-refractivity contribution in [2.75, 3.05) is 19.7 Å². The van der Waals surface area contributed by atoms with Crippen LogP contribution in [-0.2, 0) is 22.6 Å². The summed E-state index contributed by atoms with van der Waals surface area (Å²) >= 11 is 0. The van der Waals surface area contributed by atoms with Gasteiger partial charge < -0.3 is 19.3 Å². The average Bonchev–Trinajstić information content (AvgIpc) is 3.31. The number of aliphatic carboxylic acids is 1. The van der Waals surface area contributed by atoms with Gasteiger partial charge >= 0.3 is 5.97 Å². The first-order valence-electron chi connectivity index (χ1n) is 9.28. The summed E-state index contributed by atoms with van der Waals surface area (Å²) in [4.78, 5) is 30.9. The van der Waals surface area contributed by atoms with E-state index in [1.54, 1.807) is 11.1 Å². The van der Waals surface area contributed by atoms with Gasteiger partial charge in [0.1, 0.15) is 23.6 Å². The average molecular weight is 369 g/mol. The number of aromatic nitrogens is 2. The van der Waals surface area contributed by atoms with E-state index >= 15 is 0 Å². The number of ether oxygens (including phenoxy) is 1. The summed E-state index contributed by atoms with van der Waals surface area (Å²) in [6.45, 7) is 3.27. The number of likely N-dealkylation sites (tertiary alicyclic amines) is 1. The molecule has 7 nitrogen and oxygen atoms in total. The van der Waals surface area contributed by atoms with Crippen LogP contribution >= 0.6 is 0 Å². The predicted molar refractivity (Wildman–Crippen MR) is 97.5 cm³/mol. The number of hydrogen-bond acceptors (Lipinski definition) is 4. The summed E-state index contributed by atoms with van der Waals surface area (Å²) in [6.07, 6.45) is 4.75. The Morgan fingerprint density at radius 2 is 2.19 bits per heavy atom. The molecule has 4 rings (SSSR count). The van der Waals surface area contributed by atoms with Gasteiger partial charge in [-0.05, 0) is 6.07 Å². The predicted octanol–water partition coefficient (Wildman–Crippen LogP) is 1.93. The lowest BCUT2D eigenvalue weighted by Crippen LogP contribution is -2.46. The quantitative estimate of drug-likeness (QED) is 0.870. The van der Waals surface area contributed by atoms with Crippen molar-refractivity contribution < 1.29 is 19.4 Å². The highest BCUT2D eigenvalue weighted by molar-refractivity contribution is 5.82. The van der Waals surface area contributed by atoms with E-state index in [1.165, 1.54) is 0 Å². The second-order valence-electron chi connectivity index (χ2n) is 7.26. The van der Waals surface area contributed by atoms with Crippen molar-refractivity contribution in [3.8, 4) is 5.75 Å².